The minimum Gasteiger partial charge on any atom is -0.496 e. The van der Waals surface area contributed by atoms with Gasteiger partial charge in [-0.2, -0.15) is 5.10 Å². The molecule has 3 aromatic carbocycles. The van der Waals surface area contributed by atoms with Gasteiger partial charge in [0, 0.05) is 35.4 Å². The second-order valence-corrected chi connectivity index (χ2v) is 8.49. The largest absolute Gasteiger partial charge is 0.496 e. The van der Waals surface area contributed by atoms with Gasteiger partial charge in [-0.3, -0.25) is 9.59 Å². The molecule has 1 unspecified atom stereocenters. The Morgan fingerprint density at radius 1 is 1.03 bits per heavy atom. The number of para-hydroxylation sites is 1. The molecule has 0 saturated carbocycles. The molecular formula is C28H25N3O3. The Kier molecular flexibility index (Phi) is 5.49. The third-order valence-corrected chi connectivity index (χ3v) is 6.25. The zero-order chi connectivity index (χ0) is 23.8. The fourth-order valence-corrected chi connectivity index (χ4v) is 4.73. The van der Waals surface area contributed by atoms with Crippen molar-refractivity contribution in [3.63, 3.8) is 0 Å². The number of benzene rings is 3. The van der Waals surface area contributed by atoms with Gasteiger partial charge in [0.15, 0.2) is 0 Å². The van der Waals surface area contributed by atoms with Gasteiger partial charge in [0.25, 0.3) is 5.56 Å². The Balaban J connectivity index is 1.74. The highest BCUT2D eigenvalue weighted by Gasteiger charge is 2.35. The number of aromatic nitrogens is 1. The first-order chi connectivity index (χ1) is 16.5. The number of H-pyrrole nitrogens is 1. The molecule has 1 aromatic heterocycles. The van der Waals surface area contributed by atoms with E-state index in [1.165, 1.54) is 11.9 Å². The Bertz CT molecular complexity index is 1490. The number of hydrogen-bond donors (Lipinski definition) is 1. The molecule has 1 amide bonds. The number of nitrogens with zero attached hydrogens (tertiary/aromatic N) is 2. The van der Waals surface area contributed by atoms with Crippen LogP contribution in [0.1, 0.15) is 36.1 Å². The van der Waals surface area contributed by atoms with E-state index in [0.717, 1.165) is 33.2 Å². The molecular weight excluding hydrogens is 426 g/mol. The van der Waals surface area contributed by atoms with E-state index in [-0.39, 0.29) is 17.5 Å². The molecule has 1 aliphatic heterocycles. The summed E-state index contributed by atoms with van der Waals surface area (Å²) >= 11 is 0. The van der Waals surface area contributed by atoms with Crippen LogP contribution in [0.5, 0.6) is 5.75 Å². The van der Waals surface area contributed by atoms with E-state index in [1.807, 2.05) is 79.7 Å². The third kappa shape index (κ3) is 3.67. The number of carbonyl (C=O) groups is 1. The first kappa shape index (κ1) is 21.6. The zero-order valence-corrected chi connectivity index (χ0v) is 19.3. The number of nitrogens with one attached hydrogen (secondary N) is 1. The first-order valence-corrected chi connectivity index (χ1v) is 11.2. The molecule has 5 rings (SSSR count). The standard InChI is InChI=1S/C28H25N3O3/c1-17-13-14-20-22(15-17)29-28(33)27(26(20)19-9-5-4-6-10-19)23-16-24(31(30-23)18(2)32)21-11-7-8-12-25(21)34-3/h4-15,24H,16H2,1-3H3,(H,29,33). The predicted molar refractivity (Wildman–Crippen MR) is 134 cm³/mol. The molecule has 1 atom stereocenters. The lowest BCUT2D eigenvalue weighted by Gasteiger charge is -2.22. The number of hydrogen-bond acceptors (Lipinski definition) is 4. The van der Waals surface area contributed by atoms with Gasteiger partial charge in [0.2, 0.25) is 5.91 Å². The summed E-state index contributed by atoms with van der Waals surface area (Å²) in [7, 11) is 1.61. The van der Waals surface area contributed by atoms with Crippen molar-refractivity contribution in [3.8, 4) is 16.9 Å². The van der Waals surface area contributed by atoms with Gasteiger partial charge in [0.05, 0.1) is 24.4 Å². The van der Waals surface area contributed by atoms with E-state index in [0.29, 0.717) is 23.4 Å². The maximum atomic E-state index is 13.5. The van der Waals surface area contributed by atoms with Crippen LogP contribution in [0.15, 0.2) is 82.7 Å². The van der Waals surface area contributed by atoms with Gasteiger partial charge >= 0.3 is 0 Å². The number of aryl methyl sites for hydroxylation is 1. The predicted octanol–water partition coefficient (Wildman–Crippen LogP) is 5.21. The summed E-state index contributed by atoms with van der Waals surface area (Å²) in [6.07, 6.45) is 0.403. The maximum absolute atomic E-state index is 13.5. The van der Waals surface area contributed by atoms with Crippen LogP contribution in [0.25, 0.3) is 22.0 Å². The molecule has 0 bridgehead atoms. The summed E-state index contributed by atoms with van der Waals surface area (Å²) in [4.78, 5) is 29.1. The number of ether oxygens (including phenoxy) is 1. The van der Waals surface area contributed by atoms with Crippen molar-refractivity contribution in [2.24, 2.45) is 5.10 Å². The molecule has 0 radical (unpaired) electrons. The summed E-state index contributed by atoms with van der Waals surface area (Å²) in [5.74, 6) is 0.487. The van der Waals surface area contributed by atoms with Crippen LogP contribution in [-0.2, 0) is 4.79 Å². The summed E-state index contributed by atoms with van der Waals surface area (Å²) in [6.45, 7) is 3.48. The Morgan fingerprint density at radius 2 is 1.76 bits per heavy atom. The Hall–Kier alpha value is -4.19. The van der Waals surface area contributed by atoms with Crippen LogP contribution in [0, 0.1) is 6.92 Å². The van der Waals surface area contributed by atoms with Gasteiger partial charge in [-0.1, -0.05) is 60.7 Å². The zero-order valence-electron chi connectivity index (χ0n) is 19.3. The number of aromatic amines is 1. The van der Waals surface area contributed by atoms with Gasteiger partial charge in [-0.15, -0.1) is 0 Å². The highest BCUT2D eigenvalue weighted by molar-refractivity contribution is 6.12. The van der Waals surface area contributed by atoms with Crippen molar-refractivity contribution in [2.75, 3.05) is 7.11 Å². The van der Waals surface area contributed by atoms with Crippen LogP contribution in [0.3, 0.4) is 0 Å². The Morgan fingerprint density at radius 3 is 2.50 bits per heavy atom. The molecule has 0 fully saturated rings. The lowest BCUT2D eigenvalue weighted by atomic mass is 9.90. The number of pyridine rings is 1. The van der Waals surface area contributed by atoms with E-state index in [4.69, 9.17) is 4.74 Å². The monoisotopic (exact) mass is 451 g/mol. The van der Waals surface area contributed by atoms with Crippen molar-refractivity contribution in [3.05, 3.63) is 99.8 Å². The van der Waals surface area contributed by atoms with Crippen LogP contribution in [-0.4, -0.2) is 28.7 Å². The van der Waals surface area contributed by atoms with Crippen LogP contribution < -0.4 is 10.3 Å². The van der Waals surface area contributed by atoms with E-state index in [2.05, 4.69) is 10.1 Å². The maximum Gasteiger partial charge on any atom is 0.258 e. The minimum absolute atomic E-state index is 0.194. The summed E-state index contributed by atoms with van der Waals surface area (Å²) in [5.41, 5.74) is 5.29. The second-order valence-electron chi connectivity index (χ2n) is 8.49. The van der Waals surface area contributed by atoms with E-state index < -0.39 is 0 Å². The molecule has 0 spiro atoms. The number of rotatable bonds is 4. The molecule has 6 nitrogen and oxygen atoms in total. The molecule has 6 heteroatoms. The SMILES string of the molecule is COc1ccccc1C1CC(c2c(-c3ccccc3)c3ccc(C)cc3[nH]c2=O)=NN1C(C)=O. The number of carbonyl (C=O) groups excluding carboxylic acids is 1. The van der Waals surface area contributed by atoms with E-state index >= 15 is 0 Å². The number of fused-ring (bicyclic) bond motifs is 1. The fraction of sp³-hybridized carbons (Fsp3) is 0.179. The number of amides is 1. The molecule has 0 saturated heterocycles. The van der Waals surface area contributed by atoms with Gasteiger partial charge < -0.3 is 9.72 Å². The van der Waals surface area contributed by atoms with Crippen LogP contribution in [0.4, 0.5) is 0 Å². The second kappa shape index (κ2) is 8.63. The van der Waals surface area contributed by atoms with Gasteiger partial charge in [-0.25, -0.2) is 5.01 Å². The molecule has 170 valence electrons. The molecule has 2 heterocycles. The van der Waals surface area contributed by atoms with Crippen molar-refractivity contribution in [1.82, 2.24) is 9.99 Å². The average molecular weight is 452 g/mol. The normalized spacial score (nSPS) is 15.4. The molecule has 1 aliphatic rings. The topological polar surface area (TPSA) is 74.8 Å². The van der Waals surface area contributed by atoms with E-state index in [9.17, 15) is 9.59 Å². The lowest BCUT2D eigenvalue weighted by Crippen LogP contribution is -2.24. The van der Waals surface area contributed by atoms with Crippen molar-refractivity contribution < 1.29 is 9.53 Å². The summed E-state index contributed by atoms with van der Waals surface area (Å²) in [5, 5.41) is 7.08. The van der Waals surface area contributed by atoms with Crippen LogP contribution in [0.2, 0.25) is 0 Å². The molecule has 0 aliphatic carbocycles. The lowest BCUT2D eigenvalue weighted by molar-refractivity contribution is -0.130. The molecule has 34 heavy (non-hydrogen) atoms. The molecule has 4 aromatic rings. The van der Waals surface area contributed by atoms with Crippen molar-refractivity contribution in [1.29, 1.82) is 0 Å². The quantitative estimate of drug-likeness (QED) is 0.463. The highest BCUT2D eigenvalue weighted by atomic mass is 16.5. The summed E-state index contributed by atoms with van der Waals surface area (Å²) in [6, 6.07) is 23.1. The number of methoxy groups -OCH3 is 1. The van der Waals surface area contributed by atoms with Crippen LogP contribution >= 0.6 is 0 Å². The highest BCUT2D eigenvalue weighted by Crippen LogP contribution is 2.39. The minimum atomic E-state index is -0.361. The Labute approximate surface area is 197 Å². The smallest absolute Gasteiger partial charge is 0.258 e. The third-order valence-electron chi connectivity index (χ3n) is 6.25. The van der Waals surface area contributed by atoms with Gasteiger partial charge in [-0.05, 0) is 30.2 Å². The van der Waals surface area contributed by atoms with Gasteiger partial charge in [0.1, 0.15) is 5.75 Å². The first-order valence-electron chi connectivity index (χ1n) is 11.2. The molecule has 1 N–H and O–H groups in total. The van der Waals surface area contributed by atoms with Crippen molar-refractivity contribution in [2.45, 2.75) is 26.3 Å². The van der Waals surface area contributed by atoms with Crippen molar-refractivity contribution >= 4 is 22.5 Å². The van der Waals surface area contributed by atoms with E-state index in [1.54, 1.807) is 7.11 Å². The summed E-state index contributed by atoms with van der Waals surface area (Å²) < 4.78 is 5.56. The average Bonchev–Trinajstić information content (AvgIpc) is 3.28. The fourth-order valence-electron chi connectivity index (χ4n) is 4.73. The number of hydrazone groups is 1.